The number of nitrogens with one attached hydrogen (secondary N) is 1. The molecule has 0 heterocycles. The second kappa shape index (κ2) is 7.96. The summed E-state index contributed by atoms with van der Waals surface area (Å²) in [6.45, 7) is 9.25. The summed E-state index contributed by atoms with van der Waals surface area (Å²) in [4.78, 5) is 12.1. The van der Waals surface area contributed by atoms with Crippen LogP contribution in [0.15, 0.2) is 0 Å². The van der Waals surface area contributed by atoms with Gasteiger partial charge in [0.25, 0.3) is 0 Å². The van der Waals surface area contributed by atoms with Crippen LogP contribution in [0.5, 0.6) is 0 Å². The summed E-state index contributed by atoms with van der Waals surface area (Å²) in [6.07, 6.45) is 2.61. The van der Waals surface area contributed by atoms with Gasteiger partial charge in [-0.05, 0) is 40.5 Å². The fraction of sp³-hybridized carbons (Fsp3) is 0.933. The zero-order valence-electron chi connectivity index (χ0n) is 13.4. The van der Waals surface area contributed by atoms with Crippen LogP contribution in [0, 0.1) is 0 Å². The van der Waals surface area contributed by atoms with E-state index in [2.05, 4.69) is 5.32 Å². The normalized spacial score (nSPS) is 26.4. The van der Waals surface area contributed by atoms with Crippen molar-refractivity contribution in [1.29, 1.82) is 0 Å². The Morgan fingerprint density at radius 3 is 2.55 bits per heavy atom. The molecule has 2 unspecified atom stereocenters. The molecule has 0 bridgehead atoms. The lowest BCUT2D eigenvalue weighted by Gasteiger charge is -2.30. The monoisotopic (exact) mass is 287 g/mol. The highest BCUT2D eigenvalue weighted by Gasteiger charge is 2.46. The molecule has 0 aliphatic heterocycles. The minimum atomic E-state index is -0.591. The highest BCUT2D eigenvalue weighted by molar-refractivity contribution is 5.81. The lowest BCUT2D eigenvalue weighted by Crippen LogP contribution is -2.53. The molecule has 5 heteroatoms. The maximum atomic E-state index is 12.1. The van der Waals surface area contributed by atoms with Crippen LogP contribution in [-0.2, 0) is 19.0 Å². The molecule has 1 saturated carbocycles. The van der Waals surface area contributed by atoms with Crippen LogP contribution in [-0.4, -0.2) is 50.1 Å². The van der Waals surface area contributed by atoms with Crippen molar-refractivity contribution in [2.75, 3.05) is 20.3 Å². The number of hydrogen-bond acceptors (Lipinski definition) is 5. The minimum Gasteiger partial charge on any atom is -0.468 e. The van der Waals surface area contributed by atoms with Gasteiger partial charge in [-0.15, -0.1) is 0 Å². The Morgan fingerprint density at radius 1 is 1.30 bits per heavy atom. The maximum absolute atomic E-state index is 12.1. The molecule has 0 aromatic carbocycles. The van der Waals surface area contributed by atoms with Gasteiger partial charge in [-0.3, -0.25) is 10.1 Å². The molecular weight excluding hydrogens is 258 g/mol. The second-order valence-electron chi connectivity index (χ2n) is 6.03. The first kappa shape index (κ1) is 17.4. The largest absolute Gasteiger partial charge is 0.468 e. The van der Waals surface area contributed by atoms with Gasteiger partial charge in [0.2, 0.25) is 0 Å². The van der Waals surface area contributed by atoms with E-state index in [1.807, 2.05) is 27.7 Å². The Hall–Kier alpha value is -0.650. The van der Waals surface area contributed by atoms with Crippen LogP contribution < -0.4 is 5.32 Å². The van der Waals surface area contributed by atoms with Crippen LogP contribution in [0.3, 0.4) is 0 Å². The number of esters is 1. The van der Waals surface area contributed by atoms with E-state index < -0.39 is 5.54 Å². The van der Waals surface area contributed by atoms with Crippen molar-refractivity contribution in [3.8, 4) is 0 Å². The van der Waals surface area contributed by atoms with E-state index in [-0.39, 0.29) is 24.2 Å². The maximum Gasteiger partial charge on any atom is 0.326 e. The van der Waals surface area contributed by atoms with Crippen molar-refractivity contribution in [1.82, 2.24) is 5.32 Å². The first-order valence-electron chi connectivity index (χ1n) is 7.49. The van der Waals surface area contributed by atoms with E-state index in [0.717, 1.165) is 12.8 Å². The lowest BCUT2D eigenvalue weighted by molar-refractivity contribution is -0.149. The molecule has 0 aromatic heterocycles. The van der Waals surface area contributed by atoms with E-state index in [1.54, 1.807) is 0 Å². The Morgan fingerprint density at radius 2 is 2.00 bits per heavy atom. The van der Waals surface area contributed by atoms with E-state index in [0.29, 0.717) is 19.6 Å². The molecule has 0 radical (unpaired) electrons. The van der Waals surface area contributed by atoms with Crippen LogP contribution in [0.4, 0.5) is 0 Å². The molecule has 20 heavy (non-hydrogen) atoms. The van der Waals surface area contributed by atoms with Gasteiger partial charge in [0.05, 0.1) is 32.5 Å². The highest BCUT2D eigenvalue weighted by atomic mass is 16.5. The standard InChI is InChI=1S/C15H29NO4/c1-11(2)16-15(14(17)18-5)7-6-13(10-15)20-9-8-19-12(3)4/h11-13,16H,6-10H2,1-5H3. The molecule has 1 N–H and O–H groups in total. The third-order valence-corrected chi connectivity index (χ3v) is 3.50. The number of carbonyl (C=O) groups is 1. The number of hydrogen-bond donors (Lipinski definition) is 1. The summed E-state index contributed by atoms with van der Waals surface area (Å²) in [6, 6.07) is 0.233. The van der Waals surface area contributed by atoms with Crippen LogP contribution in [0.25, 0.3) is 0 Å². The average Bonchev–Trinajstić information content (AvgIpc) is 2.77. The number of rotatable bonds is 8. The first-order chi connectivity index (χ1) is 9.39. The van der Waals surface area contributed by atoms with Gasteiger partial charge in [0.1, 0.15) is 5.54 Å². The SMILES string of the molecule is COC(=O)C1(NC(C)C)CCC(OCCOC(C)C)C1. The van der Waals surface area contributed by atoms with Crippen molar-refractivity contribution in [2.45, 2.75) is 70.7 Å². The topological polar surface area (TPSA) is 56.8 Å². The molecule has 0 spiro atoms. The van der Waals surface area contributed by atoms with Crippen molar-refractivity contribution in [2.24, 2.45) is 0 Å². The van der Waals surface area contributed by atoms with Crippen molar-refractivity contribution >= 4 is 5.97 Å². The van der Waals surface area contributed by atoms with Gasteiger partial charge < -0.3 is 14.2 Å². The average molecular weight is 287 g/mol. The summed E-state index contributed by atoms with van der Waals surface area (Å²) in [7, 11) is 1.44. The molecule has 2 atom stereocenters. The summed E-state index contributed by atoms with van der Waals surface area (Å²) < 4.78 is 16.2. The van der Waals surface area contributed by atoms with Gasteiger partial charge >= 0.3 is 5.97 Å². The van der Waals surface area contributed by atoms with Crippen molar-refractivity contribution < 1.29 is 19.0 Å². The molecule has 1 rings (SSSR count). The molecule has 1 fully saturated rings. The summed E-state index contributed by atoms with van der Waals surface area (Å²) in [5.74, 6) is -0.185. The van der Waals surface area contributed by atoms with Crippen LogP contribution >= 0.6 is 0 Å². The second-order valence-corrected chi connectivity index (χ2v) is 6.03. The van der Waals surface area contributed by atoms with Gasteiger partial charge in [-0.2, -0.15) is 0 Å². The first-order valence-corrected chi connectivity index (χ1v) is 7.49. The Bertz CT molecular complexity index is 306. The third-order valence-electron chi connectivity index (χ3n) is 3.50. The minimum absolute atomic E-state index is 0.0936. The molecule has 0 amide bonds. The summed E-state index contributed by atoms with van der Waals surface area (Å²) in [5, 5.41) is 3.36. The highest BCUT2D eigenvalue weighted by Crippen LogP contribution is 2.33. The molecule has 1 aliphatic carbocycles. The number of carbonyl (C=O) groups excluding carboxylic acids is 1. The Kier molecular flexibility index (Phi) is 6.92. The predicted molar refractivity (Wildman–Crippen MR) is 77.7 cm³/mol. The lowest BCUT2D eigenvalue weighted by atomic mass is 9.96. The summed E-state index contributed by atoms with van der Waals surface area (Å²) in [5.41, 5.74) is -0.591. The molecule has 118 valence electrons. The Balaban J connectivity index is 2.46. The van der Waals surface area contributed by atoms with Gasteiger partial charge in [-0.1, -0.05) is 0 Å². The van der Waals surface area contributed by atoms with E-state index in [4.69, 9.17) is 14.2 Å². The molecule has 5 nitrogen and oxygen atoms in total. The van der Waals surface area contributed by atoms with Crippen LogP contribution in [0.1, 0.15) is 47.0 Å². The third kappa shape index (κ3) is 5.04. The fourth-order valence-electron chi connectivity index (χ4n) is 2.76. The zero-order chi connectivity index (χ0) is 15.2. The smallest absolute Gasteiger partial charge is 0.326 e. The Labute approximate surface area is 122 Å². The van der Waals surface area contributed by atoms with Gasteiger partial charge in [0, 0.05) is 12.5 Å². The quantitative estimate of drug-likeness (QED) is 0.546. The number of ether oxygens (including phenoxy) is 3. The zero-order valence-corrected chi connectivity index (χ0v) is 13.4. The molecule has 1 aliphatic rings. The van der Waals surface area contributed by atoms with E-state index in [9.17, 15) is 4.79 Å². The van der Waals surface area contributed by atoms with Crippen LogP contribution in [0.2, 0.25) is 0 Å². The van der Waals surface area contributed by atoms with Gasteiger partial charge in [0.15, 0.2) is 0 Å². The molecule has 0 saturated heterocycles. The molecular formula is C15H29NO4. The predicted octanol–water partition coefficient (Wildman–Crippen LogP) is 1.89. The van der Waals surface area contributed by atoms with Gasteiger partial charge in [-0.25, -0.2) is 0 Å². The van der Waals surface area contributed by atoms with Crippen molar-refractivity contribution in [3.63, 3.8) is 0 Å². The molecule has 0 aromatic rings. The van der Waals surface area contributed by atoms with E-state index >= 15 is 0 Å². The fourth-order valence-corrected chi connectivity index (χ4v) is 2.76. The number of methoxy groups -OCH3 is 1. The van der Waals surface area contributed by atoms with Crippen molar-refractivity contribution in [3.05, 3.63) is 0 Å². The summed E-state index contributed by atoms with van der Waals surface area (Å²) >= 11 is 0. The van der Waals surface area contributed by atoms with E-state index in [1.165, 1.54) is 7.11 Å².